The maximum atomic E-state index is 13.4. The minimum atomic E-state index is -1.08. The second-order valence-corrected chi connectivity index (χ2v) is 19.7. The Balaban J connectivity index is 1.95. The Morgan fingerprint density at radius 1 is 0.485 bits per heavy atom. The SMILES string of the molecule is COC(=O)[C@H](CCCCNC(=O)[C@H](CSSC[C@H](NC(=O)OC(C)(C)C)C(=O)NCCCC[C@H](NC(=O)OCc1ccccc1)C(=O)OC)NC(=O)OC(C)(C)C)NC(=O)OCc1ccccc1. The van der Waals surface area contributed by atoms with Crippen molar-refractivity contribution in [2.45, 2.75) is 129 Å². The van der Waals surface area contributed by atoms with Crippen molar-refractivity contribution >= 4 is 69.7 Å². The minimum Gasteiger partial charge on any atom is -0.467 e. The zero-order valence-electron chi connectivity index (χ0n) is 40.1. The average Bonchev–Trinajstić information content (AvgIpc) is 3.28. The summed E-state index contributed by atoms with van der Waals surface area (Å²) in [5, 5.41) is 15.8. The molecule has 0 unspecified atom stereocenters. The van der Waals surface area contributed by atoms with Crippen molar-refractivity contribution in [2.24, 2.45) is 0 Å². The van der Waals surface area contributed by atoms with Crippen molar-refractivity contribution in [3.63, 3.8) is 0 Å². The summed E-state index contributed by atoms with van der Waals surface area (Å²) in [6, 6.07) is 14.0. The van der Waals surface area contributed by atoms with Crippen LogP contribution in [-0.4, -0.2) is 122 Å². The highest BCUT2D eigenvalue weighted by atomic mass is 33.1. The van der Waals surface area contributed by atoms with Gasteiger partial charge in [-0.1, -0.05) is 82.3 Å². The highest BCUT2D eigenvalue weighted by Crippen LogP contribution is 2.24. The van der Waals surface area contributed by atoms with Gasteiger partial charge in [-0.25, -0.2) is 28.8 Å². The summed E-state index contributed by atoms with van der Waals surface area (Å²) in [5.41, 5.74) is -0.153. The molecule has 0 aliphatic heterocycles. The molecule has 0 aliphatic carbocycles. The van der Waals surface area contributed by atoms with Gasteiger partial charge in [0.05, 0.1) is 14.2 Å². The van der Waals surface area contributed by atoms with Gasteiger partial charge in [0.25, 0.3) is 0 Å². The summed E-state index contributed by atoms with van der Waals surface area (Å²) in [6.07, 6.45) is -1.22. The van der Waals surface area contributed by atoms with E-state index >= 15 is 0 Å². The number of methoxy groups -OCH3 is 2. The van der Waals surface area contributed by atoms with Crippen molar-refractivity contribution in [1.82, 2.24) is 31.9 Å². The number of amides is 6. The topological polar surface area (TPSA) is 264 Å². The lowest BCUT2D eigenvalue weighted by molar-refractivity contribution is -0.144. The number of alkyl carbamates (subject to hydrolysis) is 4. The summed E-state index contributed by atoms with van der Waals surface area (Å²) in [6.45, 7) is 10.4. The molecule has 0 spiro atoms. The number of nitrogens with one attached hydrogen (secondary N) is 6. The van der Waals surface area contributed by atoms with Crippen LogP contribution < -0.4 is 31.9 Å². The quantitative estimate of drug-likeness (QED) is 0.0273. The van der Waals surface area contributed by atoms with E-state index in [1.807, 2.05) is 36.4 Å². The maximum absolute atomic E-state index is 13.4. The average molecular weight is 993 g/mol. The van der Waals surface area contributed by atoms with E-state index in [0.717, 1.165) is 11.1 Å². The smallest absolute Gasteiger partial charge is 0.408 e. The van der Waals surface area contributed by atoms with Gasteiger partial charge in [-0.15, -0.1) is 0 Å². The van der Waals surface area contributed by atoms with Crippen LogP contribution in [0.1, 0.15) is 91.2 Å². The van der Waals surface area contributed by atoms with Gasteiger partial charge in [0.15, 0.2) is 0 Å². The van der Waals surface area contributed by atoms with Gasteiger partial charge in [0.1, 0.15) is 48.6 Å². The monoisotopic (exact) mass is 992 g/mol. The van der Waals surface area contributed by atoms with Crippen molar-refractivity contribution in [3.05, 3.63) is 71.8 Å². The number of ether oxygens (including phenoxy) is 6. The second-order valence-electron chi connectivity index (χ2n) is 17.1. The fourth-order valence-corrected chi connectivity index (χ4v) is 8.04. The fourth-order valence-electron chi connectivity index (χ4n) is 5.71. The predicted molar refractivity (Wildman–Crippen MR) is 256 cm³/mol. The van der Waals surface area contributed by atoms with Crippen LogP contribution in [-0.2, 0) is 60.8 Å². The molecule has 0 aromatic heterocycles. The first-order valence-corrected chi connectivity index (χ1v) is 24.6. The van der Waals surface area contributed by atoms with Crippen LogP contribution >= 0.6 is 21.6 Å². The molecular formula is C46H68N6O14S2. The van der Waals surface area contributed by atoms with Crippen LogP contribution in [0, 0.1) is 0 Å². The number of hydrogen-bond acceptors (Lipinski definition) is 16. The van der Waals surface area contributed by atoms with E-state index in [1.165, 1.54) is 35.8 Å². The molecule has 0 aliphatic rings. The lowest BCUT2D eigenvalue weighted by atomic mass is 10.1. The summed E-state index contributed by atoms with van der Waals surface area (Å²) in [5.74, 6) is -2.29. The molecule has 378 valence electrons. The standard InChI is InChI=1S/C46H68N6O14S2/c1-45(2,3)65-43(59)51-35(37(53)47-25-17-15-23-33(39(55)61-7)49-41(57)63-27-31-19-11-9-12-20-31)29-67-68-30-36(52-44(60)66-46(4,5)6)38(54)48-26-18-16-24-34(40(56)62-8)50-42(58)64-28-32-21-13-10-14-22-32/h9-14,19-22,33-36H,15-18,23-30H2,1-8H3,(H,47,53)(H,48,54)(H,49,57)(H,50,58)(H,51,59)(H,52,60)/t33-,34-,35-,36-/m0/s1. The normalized spacial score (nSPS) is 12.9. The summed E-state index contributed by atoms with van der Waals surface area (Å²) in [7, 11) is 4.74. The Morgan fingerprint density at radius 3 is 1.15 bits per heavy atom. The van der Waals surface area contributed by atoms with Gasteiger partial charge >= 0.3 is 36.3 Å². The summed E-state index contributed by atoms with van der Waals surface area (Å²) >= 11 is 0. The van der Waals surface area contributed by atoms with Gasteiger partial charge in [-0.05, 0) is 91.2 Å². The molecule has 0 bridgehead atoms. The number of benzene rings is 2. The Kier molecular flexibility index (Phi) is 26.7. The first kappa shape index (κ1) is 58.2. The number of unbranched alkanes of at least 4 members (excludes halogenated alkanes) is 2. The molecule has 0 heterocycles. The van der Waals surface area contributed by atoms with E-state index in [4.69, 9.17) is 28.4 Å². The maximum Gasteiger partial charge on any atom is 0.408 e. The van der Waals surface area contributed by atoms with Gasteiger partial charge in [0, 0.05) is 24.6 Å². The van der Waals surface area contributed by atoms with Crippen LogP contribution in [0.4, 0.5) is 19.2 Å². The summed E-state index contributed by atoms with van der Waals surface area (Å²) < 4.78 is 30.9. The number of carbonyl (C=O) groups excluding carboxylic acids is 8. The van der Waals surface area contributed by atoms with Gasteiger partial charge in [-0.3, -0.25) is 9.59 Å². The van der Waals surface area contributed by atoms with E-state index in [9.17, 15) is 38.4 Å². The van der Waals surface area contributed by atoms with E-state index in [2.05, 4.69) is 31.9 Å². The van der Waals surface area contributed by atoms with Crippen molar-refractivity contribution in [2.75, 3.05) is 38.8 Å². The number of carbonyl (C=O) groups is 8. The first-order valence-electron chi connectivity index (χ1n) is 22.1. The van der Waals surface area contributed by atoms with Gasteiger partial charge < -0.3 is 60.3 Å². The van der Waals surface area contributed by atoms with Gasteiger partial charge in [0.2, 0.25) is 11.8 Å². The van der Waals surface area contributed by atoms with E-state index in [1.54, 1.807) is 65.8 Å². The Labute approximate surface area is 406 Å². The fraction of sp³-hybridized carbons (Fsp3) is 0.565. The highest BCUT2D eigenvalue weighted by Gasteiger charge is 2.28. The molecule has 0 radical (unpaired) electrons. The van der Waals surface area contributed by atoms with Crippen molar-refractivity contribution in [1.29, 1.82) is 0 Å². The zero-order valence-corrected chi connectivity index (χ0v) is 41.7. The molecule has 0 fully saturated rings. The second kappa shape index (κ2) is 31.2. The Bertz CT molecular complexity index is 1760. The van der Waals surface area contributed by atoms with Crippen molar-refractivity contribution < 1.29 is 66.8 Å². The number of esters is 2. The van der Waals surface area contributed by atoms with Crippen LogP contribution in [0.3, 0.4) is 0 Å². The minimum absolute atomic E-state index is 0.0157. The molecule has 0 saturated carbocycles. The third-order valence-corrected chi connectivity index (χ3v) is 11.4. The predicted octanol–water partition coefficient (Wildman–Crippen LogP) is 5.66. The molecule has 2 aromatic carbocycles. The third kappa shape index (κ3) is 26.4. The van der Waals surface area contributed by atoms with Crippen LogP contribution in [0.25, 0.3) is 0 Å². The molecule has 2 aromatic rings. The zero-order chi connectivity index (χ0) is 50.5. The lowest BCUT2D eigenvalue weighted by Gasteiger charge is -2.24. The first-order chi connectivity index (χ1) is 32.2. The van der Waals surface area contributed by atoms with Gasteiger partial charge in [-0.2, -0.15) is 0 Å². The molecule has 6 N–H and O–H groups in total. The van der Waals surface area contributed by atoms with E-state index < -0.39 is 83.5 Å². The lowest BCUT2D eigenvalue weighted by Crippen LogP contribution is -2.50. The van der Waals surface area contributed by atoms with Crippen molar-refractivity contribution in [3.8, 4) is 0 Å². The van der Waals surface area contributed by atoms with E-state index in [-0.39, 0.29) is 50.7 Å². The Hall–Kier alpha value is -5.90. The van der Waals surface area contributed by atoms with Crippen LogP contribution in [0.15, 0.2) is 60.7 Å². The molecular weight excluding hydrogens is 925 g/mol. The van der Waals surface area contributed by atoms with E-state index in [0.29, 0.717) is 25.7 Å². The molecule has 6 amide bonds. The Morgan fingerprint density at radius 2 is 0.824 bits per heavy atom. The third-order valence-electron chi connectivity index (χ3n) is 8.99. The summed E-state index contributed by atoms with van der Waals surface area (Å²) in [4.78, 5) is 102. The highest BCUT2D eigenvalue weighted by molar-refractivity contribution is 8.76. The largest absolute Gasteiger partial charge is 0.467 e. The molecule has 0 saturated heterocycles. The molecule has 68 heavy (non-hydrogen) atoms. The number of hydrogen-bond donors (Lipinski definition) is 6. The van der Waals surface area contributed by atoms with Crippen LogP contribution in [0.5, 0.6) is 0 Å². The molecule has 2 rings (SSSR count). The van der Waals surface area contributed by atoms with Crippen LogP contribution in [0.2, 0.25) is 0 Å². The molecule has 4 atom stereocenters. The molecule has 22 heteroatoms. The number of rotatable bonds is 27. The molecule has 20 nitrogen and oxygen atoms in total.